The SMILES string of the molecule is CC1CCCCC12NC(=O)N(CC(=O)N1CCN(S(=O)(=O)c3ccc4ccccc4c3)CC1)C2=O. The minimum Gasteiger partial charge on any atom is -0.338 e. The molecule has 2 aromatic rings. The molecule has 1 saturated carbocycles. The number of carbonyl (C=O) groups is 3. The molecule has 9 nitrogen and oxygen atoms in total. The van der Waals surface area contributed by atoms with E-state index in [1.54, 1.807) is 18.2 Å². The maximum absolute atomic E-state index is 13.2. The summed E-state index contributed by atoms with van der Waals surface area (Å²) in [6.07, 6.45) is 3.35. The van der Waals surface area contributed by atoms with Crippen LogP contribution < -0.4 is 5.32 Å². The molecule has 2 heterocycles. The third-order valence-electron chi connectivity index (χ3n) is 7.74. The summed E-state index contributed by atoms with van der Waals surface area (Å²) in [6.45, 7) is 2.37. The Morgan fingerprint density at radius 3 is 2.46 bits per heavy atom. The number of nitrogens with zero attached hydrogens (tertiary/aromatic N) is 3. The molecule has 10 heteroatoms. The molecule has 1 spiro atoms. The van der Waals surface area contributed by atoms with Crippen LogP contribution in [-0.4, -0.2) is 78.6 Å². The number of benzene rings is 2. The van der Waals surface area contributed by atoms with E-state index in [9.17, 15) is 22.8 Å². The third-order valence-corrected chi connectivity index (χ3v) is 9.64. The first-order valence-electron chi connectivity index (χ1n) is 12.1. The van der Waals surface area contributed by atoms with Crippen molar-refractivity contribution in [3.05, 3.63) is 42.5 Å². The highest BCUT2D eigenvalue weighted by Crippen LogP contribution is 2.38. The van der Waals surface area contributed by atoms with Crippen molar-refractivity contribution in [1.82, 2.24) is 19.4 Å². The van der Waals surface area contributed by atoms with E-state index in [-0.39, 0.29) is 55.4 Å². The van der Waals surface area contributed by atoms with Crippen LogP contribution in [0.1, 0.15) is 32.6 Å². The number of hydrogen-bond acceptors (Lipinski definition) is 5. The van der Waals surface area contributed by atoms with Gasteiger partial charge in [-0.15, -0.1) is 0 Å². The molecule has 0 bridgehead atoms. The Hall–Kier alpha value is -2.98. The van der Waals surface area contributed by atoms with Crippen LogP contribution in [0.15, 0.2) is 47.4 Å². The van der Waals surface area contributed by atoms with E-state index in [1.165, 1.54) is 9.21 Å². The van der Waals surface area contributed by atoms with Crippen LogP contribution in [-0.2, 0) is 19.6 Å². The summed E-state index contributed by atoms with van der Waals surface area (Å²) in [5, 5.41) is 4.68. The van der Waals surface area contributed by atoms with E-state index in [0.717, 1.165) is 34.9 Å². The summed E-state index contributed by atoms with van der Waals surface area (Å²) in [6, 6.07) is 12.1. The van der Waals surface area contributed by atoms with Crippen molar-refractivity contribution in [2.45, 2.75) is 43.0 Å². The molecular formula is C25H30N4O5S. The van der Waals surface area contributed by atoms with Crippen molar-refractivity contribution in [3.8, 4) is 0 Å². The number of sulfonamides is 1. The van der Waals surface area contributed by atoms with Gasteiger partial charge in [-0.1, -0.05) is 50.1 Å². The quantitative estimate of drug-likeness (QED) is 0.651. The van der Waals surface area contributed by atoms with Crippen LogP contribution >= 0.6 is 0 Å². The number of urea groups is 1. The van der Waals surface area contributed by atoms with Crippen molar-refractivity contribution < 1.29 is 22.8 Å². The second-order valence-electron chi connectivity index (χ2n) is 9.73. The maximum Gasteiger partial charge on any atom is 0.325 e. The monoisotopic (exact) mass is 498 g/mol. The zero-order valence-electron chi connectivity index (χ0n) is 19.8. The minimum absolute atomic E-state index is 0.0247. The van der Waals surface area contributed by atoms with Gasteiger partial charge in [0.15, 0.2) is 0 Å². The standard InChI is InChI=1S/C25H30N4O5S/c1-18-6-4-5-11-25(18)23(31)29(24(32)26-25)17-22(30)27-12-14-28(15-13-27)35(33,34)21-10-9-19-7-2-3-8-20(19)16-21/h2-3,7-10,16,18H,4-6,11-15,17H2,1H3,(H,26,32). The lowest BCUT2D eigenvalue weighted by Gasteiger charge is -2.37. The van der Waals surface area contributed by atoms with E-state index >= 15 is 0 Å². The smallest absolute Gasteiger partial charge is 0.325 e. The Bertz CT molecular complexity index is 1290. The van der Waals surface area contributed by atoms with E-state index < -0.39 is 21.6 Å². The lowest BCUT2D eigenvalue weighted by atomic mass is 9.73. The molecule has 2 aliphatic heterocycles. The van der Waals surface area contributed by atoms with Crippen LogP contribution in [0.25, 0.3) is 10.8 Å². The van der Waals surface area contributed by atoms with Gasteiger partial charge in [-0.2, -0.15) is 4.31 Å². The van der Waals surface area contributed by atoms with Gasteiger partial charge in [0.1, 0.15) is 12.1 Å². The topological polar surface area (TPSA) is 107 Å². The van der Waals surface area contributed by atoms with Gasteiger partial charge in [-0.3, -0.25) is 14.5 Å². The molecule has 2 saturated heterocycles. The number of fused-ring (bicyclic) bond motifs is 1. The molecule has 5 rings (SSSR count). The first-order valence-corrected chi connectivity index (χ1v) is 13.6. The largest absolute Gasteiger partial charge is 0.338 e. The second-order valence-corrected chi connectivity index (χ2v) is 11.7. The van der Waals surface area contributed by atoms with Crippen LogP contribution in [0.4, 0.5) is 4.79 Å². The molecular weight excluding hydrogens is 468 g/mol. The Labute approximate surface area is 205 Å². The molecule has 1 N–H and O–H groups in total. The maximum atomic E-state index is 13.2. The van der Waals surface area contributed by atoms with Crippen LogP contribution in [0.5, 0.6) is 0 Å². The van der Waals surface area contributed by atoms with Gasteiger partial charge in [-0.25, -0.2) is 13.2 Å². The molecule has 3 aliphatic rings. The van der Waals surface area contributed by atoms with Crippen molar-refractivity contribution in [2.75, 3.05) is 32.7 Å². The van der Waals surface area contributed by atoms with E-state index in [4.69, 9.17) is 0 Å². The van der Waals surface area contributed by atoms with Crippen LogP contribution in [0.3, 0.4) is 0 Å². The molecule has 186 valence electrons. The number of rotatable bonds is 4. The fourth-order valence-electron chi connectivity index (χ4n) is 5.53. The fraction of sp³-hybridized carbons (Fsp3) is 0.480. The highest BCUT2D eigenvalue weighted by atomic mass is 32.2. The zero-order valence-corrected chi connectivity index (χ0v) is 20.6. The fourth-order valence-corrected chi connectivity index (χ4v) is 6.99. The first-order chi connectivity index (χ1) is 16.7. The summed E-state index contributed by atoms with van der Waals surface area (Å²) in [5.74, 6) is -0.644. The van der Waals surface area contributed by atoms with E-state index in [0.29, 0.717) is 6.42 Å². The van der Waals surface area contributed by atoms with Gasteiger partial charge < -0.3 is 10.2 Å². The molecule has 3 fully saturated rings. The van der Waals surface area contributed by atoms with Crippen molar-refractivity contribution in [3.63, 3.8) is 0 Å². The molecule has 2 aromatic carbocycles. The number of nitrogens with one attached hydrogen (secondary N) is 1. The Balaban J connectivity index is 1.22. The van der Waals surface area contributed by atoms with Gasteiger partial charge in [-0.05, 0) is 41.7 Å². The number of hydrogen-bond donors (Lipinski definition) is 1. The molecule has 4 amide bonds. The molecule has 2 atom stereocenters. The molecule has 1 aliphatic carbocycles. The molecule has 2 unspecified atom stereocenters. The summed E-state index contributed by atoms with van der Waals surface area (Å²) < 4.78 is 27.8. The highest BCUT2D eigenvalue weighted by molar-refractivity contribution is 7.89. The molecule has 0 aromatic heterocycles. The normalized spacial score (nSPS) is 25.9. The summed E-state index contributed by atoms with van der Waals surface area (Å²) in [4.78, 5) is 41.5. The average Bonchev–Trinajstić information content (AvgIpc) is 3.10. The average molecular weight is 499 g/mol. The molecule has 0 radical (unpaired) electrons. The lowest BCUT2D eigenvalue weighted by Crippen LogP contribution is -2.55. The first kappa shape index (κ1) is 23.7. The highest BCUT2D eigenvalue weighted by Gasteiger charge is 2.55. The number of piperazine rings is 1. The van der Waals surface area contributed by atoms with E-state index in [2.05, 4.69) is 5.32 Å². The van der Waals surface area contributed by atoms with Gasteiger partial charge in [0.05, 0.1) is 4.90 Å². The van der Waals surface area contributed by atoms with Gasteiger partial charge in [0.25, 0.3) is 5.91 Å². The van der Waals surface area contributed by atoms with Crippen molar-refractivity contribution >= 4 is 38.6 Å². The summed E-state index contributed by atoms with van der Waals surface area (Å²) in [7, 11) is -3.70. The zero-order chi connectivity index (χ0) is 24.8. The predicted molar refractivity (Wildman–Crippen MR) is 130 cm³/mol. The van der Waals surface area contributed by atoms with Crippen molar-refractivity contribution in [2.24, 2.45) is 5.92 Å². The Kier molecular flexibility index (Phi) is 6.04. The number of amides is 4. The minimum atomic E-state index is -3.70. The van der Waals surface area contributed by atoms with Gasteiger partial charge in [0.2, 0.25) is 15.9 Å². The van der Waals surface area contributed by atoms with Crippen LogP contribution in [0, 0.1) is 5.92 Å². The number of imide groups is 1. The second kappa shape index (κ2) is 8.91. The van der Waals surface area contributed by atoms with E-state index in [1.807, 2.05) is 31.2 Å². The Morgan fingerprint density at radius 2 is 1.74 bits per heavy atom. The summed E-state index contributed by atoms with van der Waals surface area (Å²) in [5.41, 5.74) is -0.901. The van der Waals surface area contributed by atoms with Crippen molar-refractivity contribution in [1.29, 1.82) is 0 Å². The van der Waals surface area contributed by atoms with Gasteiger partial charge in [0, 0.05) is 26.2 Å². The lowest BCUT2D eigenvalue weighted by molar-refractivity contribution is -0.141. The third kappa shape index (κ3) is 4.08. The predicted octanol–water partition coefficient (Wildman–Crippen LogP) is 2.17. The summed E-state index contributed by atoms with van der Waals surface area (Å²) >= 11 is 0. The van der Waals surface area contributed by atoms with Crippen LogP contribution in [0.2, 0.25) is 0 Å². The number of carbonyl (C=O) groups excluding carboxylic acids is 3. The Morgan fingerprint density at radius 1 is 1.03 bits per heavy atom. The van der Waals surface area contributed by atoms with Gasteiger partial charge >= 0.3 is 6.03 Å². The molecule has 35 heavy (non-hydrogen) atoms.